The lowest BCUT2D eigenvalue weighted by molar-refractivity contribution is -0.119. The first-order valence-corrected chi connectivity index (χ1v) is 13.4. The summed E-state index contributed by atoms with van der Waals surface area (Å²) in [5.41, 5.74) is 1.28. The Morgan fingerprint density at radius 3 is 1.37 bits per heavy atom. The van der Waals surface area contributed by atoms with Crippen molar-refractivity contribution in [1.82, 2.24) is 0 Å². The second kappa shape index (κ2) is 21.1. The molecule has 0 aliphatic rings. The van der Waals surface area contributed by atoms with Gasteiger partial charge in [-0.05, 0) is 18.4 Å². The Morgan fingerprint density at radius 1 is 0.533 bits per heavy atom. The van der Waals surface area contributed by atoms with Gasteiger partial charge >= 0.3 is 0 Å². The van der Waals surface area contributed by atoms with Crippen molar-refractivity contribution in [2.75, 3.05) is 0 Å². The Hall–Kier alpha value is -1.11. The molecule has 0 unspecified atom stereocenters. The Kier molecular flexibility index (Phi) is 19.0. The van der Waals surface area contributed by atoms with E-state index >= 15 is 0 Å². The summed E-state index contributed by atoms with van der Waals surface area (Å²) >= 11 is 0. The molecular weight excluding hydrogens is 364 g/mol. The summed E-state index contributed by atoms with van der Waals surface area (Å²) in [6.45, 7) is 2.29. The van der Waals surface area contributed by atoms with Gasteiger partial charge in [-0.2, -0.15) is 0 Å². The van der Waals surface area contributed by atoms with Gasteiger partial charge in [-0.15, -0.1) is 0 Å². The zero-order valence-electron chi connectivity index (χ0n) is 20.1. The molecule has 1 aromatic rings. The fraction of sp³-hybridized carbons (Fsp3) is 0.759. The third-order valence-corrected chi connectivity index (χ3v) is 6.34. The molecule has 1 heteroatoms. The van der Waals surface area contributed by atoms with Gasteiger partial charge in [-0.1, -0.05) is 146 Å². The van der Waals surface area contributed by atoms with E-state index in [1.165, 1.54) is 115 Å². The maximum atomic E-state index is 12.0. The van der Waals surface area contributed by atoms with Gasteiger partial charge in [0.1, 0.15) is 5.78 Å². The molecular formula is C29H50O. The SMILES string of the molecule is CCCCCCCCCCCCCCCCCCCCC(=O)CCc1ccccc1. The molecule has 1 rings (SSSR count). The van der Waals surface area contributed by atoms with Crippen LogP contribution in [0.3, 0.4) is 0 Å². The summed E-state index contributed by atoms with van der Waals surface area (Å²) in [4.78, 5) is 12.0. The highest BCUT2D eigenvalue weighted by Crippen LogP contribution is 2.15. The molecule has 0 atom stereocenters. The smallest absolute Gasteiger partial charge is 0.133 e. The van der Waals surface area contributed by atoms with E-state index in [0.29, 0.717) is 12.2 Å². The van der Waals surface area contributed by atoms with Crippen LogP contribution in [0.4, 0.5) is 0 Å². The number of hydrogen-bond acceptors (Lipinski definition) is 1. The van der Waals surface area contributed by atoms with Crippen LogP contribution in [0.15, 0.2) is 30.3 Å². The molecule has 1 nitrogen and oxygen atoms in total. The Bertz CT molecular complexity index is 478. The van der Waals surface area contributed by atoms with Crippen molar-refractivity contribution in [3.63, 3.8) is 0 Å². The summed E-state index contributed by atoms with van der Waals surface area (Å²) < 4.78 is 0. The van der Waals surface area contributed by atoms with Gasteiger partial charge in [0.05, 0.1) is 0 Å². The minimum Gasteiger partial charge on any atom is -0.300 e. The van der Waals surface area contributed by atoms with Gasteiger partial charge in [0.2, 0.25) is 0 Å². The largest absolute Gasteiger partial charge is 0.300 e. The maximum Gasteiger partial charge on any atom is 0.133 e. The molecule has 0 fully saturated rings. The van der Waals surface area contributed by atoms with E-state index in [2.05, 4.69) is 31.2 Å². The first-order chi connectivity index (χ1) is 14.8. The van der Waals surface area contributed by atoms with Crippen LogP contribution in [0.25, 0.3) is 0 Å². The number of carbonyl (C=O) groups is 1. The predicted molar refractivity (Wildman–Crippen MR) is 133 cm³/mol. The summed E-state index contributed by atoms with van der Waals surface area (Å²) in [5, 5.41) is 0. The van der Waals surface area contributed by atoms with E-state index in [1.807, 2.05) is 6.07 Å². The Morgan fingerprint density at radius 2 is 0.933 bits per heavy atom. The van der Waals surface area contributed by atoms with Gasteiger partial charge in [0, 0.05) is 12.8 Å². The van der Waals surface area contributed by atoms with Gasteiger partial charge in [-0.3, -0.25) is 4.79 Å². The molecule has 0 heterocycles. The van der Waals surface area contributed by atoms with E-state index in [1.54, 1.807) is 0 Å². The van der Waals surface area contributed by atoms with Crippen LogP contribution in [-0.4, -0.2) is 5.78 Å². The molecule has 1 aromatic carbocycles. The lowest BCUT2D eigenvalue weighted by atomic mass is 10.0. The number of benzene rings is 1. The summed E-state index contributed by atoms with van der Waals surface area (Å²) in [6.07, 6.45) is 27.5. The fourth-order valence-corrected chi connectivity index (χ4v) is 4.28. The van der Waals surface area contributed by atoms with Gasteiger partial charge in [0.25, 0.3) is 0 Å². The summed E-state index contributed by atoms with van der Waals surface area (Å²) in [7, 11) is 0. The number of rotatable bonds is 22. The van der Waals surface area contributed by atoms with Crippen LogP contribution >= 0.6 is 0 Å². The number of aryl methyl sites for hydroxylation is 1. The number of carbonyl (C=O) groups excluding carboxylic acids is 1. The van der Waals surface area contributed by atoms with Crippen molar-refractivity contribution < 1.29 is 4.79 Å². The van der Waals surface area contributed by atoms with Crippen molar-refractivity contribution in [1.29, 1.82) is 0 Å². The van der Waals surface area contributed by atoms with Crippen molar-refractivity contribution in [3.8, 4) is 0 Å². The van der Waals surface area contributed by atoms with Gasteiger partial charge in [-0.25, -0.2) is 0 Å². The normalized spacial score (nSPS) is 11.1. The standard InChI is InChI=1S/C29H50O/c1-2-3-4-5-6-7-8-9-10-11-12-13-14-15-16-17-18-22-25-29(30)27-26-28-23-20-19-21-24-28/h19-21,23-24H,2-18,22,25-27H2,1H3. The number of unbranched alkanes of at least 4 members (excludes halogenated alkanes) is 17. The second-order valence-corrected chi connectivity index (χ2v) is 9.28. The monoisotopic (exact) mass is 414 g/mol. The average molecular weight is 415 g/mol. The number of Topliss-reactive ketones (excluding diaryl/α,β-unsaturated/α-hetero) is 1. The molecule has 0 N–H and O–H groups in total. The molecule has 0 saturated heterocycles. The highest BCUT2D eigenvalue weighted by molar-refractivity contribution is 5.78. The van der Waals surface area contributed by atoms with E-state index in [4.69, 9.17) is 0 Å². The lowest BCUT2D eigenvalue weighted by Crippen LogP contribution is -2.00. The minimum atomic E-state index is 0.440. The summed E-state index contributed by atoms with van der Waals surface area (Å²) in [5.74, 6) is 0.440. The van der Waals surface area contributed by atoms with E-state index in [9.17, 15) is 4.79 Å². The molecule has 0 aromatic heterocycles. The molecule has 0 bridgehead atoms. The molecule has 0 amide bonds. The molecule has 0 radical (unpaired) electrons. The Labute approximate surface area is 188 Å². The van der Waals surface area contributed by atoms with Crippen molar-refractivity contribution in [3.05, 3.63) is 35.9 Å². The molecule has 0 aliphatic heterocycles. The topological polar surface area (TPSA) is 17.1 Å². The van der Waals surface area contributed by atoms with Crippen LogP contribution in [0, 0.1) is 0 Å². The minimum absolute atomic E-state index is 0.440. The summed E-state index contributed by atoms with van der Waals surface area (Å²) in [6, 6.07) is 10.4. The molecule has 0 aliphatic carbocycles. The molecule has 30 heavy (non-hydrogen) atoms. The van der Waals surface area contributed by atoms with Crippen LogP contribution in [0.1, 0.15) is 141 Å². The van der Waals surface area contributed by atoms with E-state index in [-0.39, 0.29) is 0 Å². The Balaban J connectivity index is 1.73. The second-order valence-electron chi connectivity index (χ2n) is 9.28. The highest BCUT2D eigenvalue weighted by Gasteiger charge is 2.02. The van der Waals surface area contributed by atoms with Gasteiger partial charge in [0.15, 0.2) is 0 Å². The lowest BCUT2D eigenvalue weighted by Gasteiger charge is -2.04. The predicted octanol–water partition coefficient (Wildman–Crippen LogP) is 9.62. The van der Waals surface area contributed by atoms with Crippen LogP contribution in [-0.2, 0) is 11.2 Å². The van der Waals surface area contributed by atoms with E-state index in [0.717, 1.165) is 19.3 Å². The van der Waals surface area contributed by atoms with Crippen LogP contribution in [0.2, 0.25) is 0 Å². The first kappa shape index (κ1) is 26.9. The van der Waals surface area contributed by atoms with Crippen molar-refractivity contribution >= 4 is 5.78 Å². The zero-order chi connectivity index (χ0) is 21.5. The van der Waals surface area contributed by atoms with Crippen molar-refractivity contribution in [2.24, 2.45) is 0 Å². The zero-order valence-corrected chi connectivity index (χ0v) is 20.1. The maximum absolute atomic E-state index is 12.0. The van der Waals surface area contributed by atoms with E-state index < -0.39 is 0 Å². The quantitative estimate of drug-likeness (QED) is 0.173. The highest BCUT2D eigenvalue weighted by atomic mass is 16.1. The van der Waals surface area contributed by atoms with Crippen LogP contribution in [0.5, 0.6) is 0 Å². The number of ketones is 1. The fourth-order valence-electron chi connectivity index (χ4n) is 4.28. The third kappa shape index (κ3) is 17.7. The molecule has 0 spiro atoms. The average Bonchev–Trinajstić information content (AvgIpc) is 2.77. The van der Waals surface area contributed by atoms with Crippen molar-refractivity contribution in [2.45, 2.75) is 142 Å². The van der Waals surface area contributed by atoms with Gasteiger partial charge < -0.3 is 0 Å². The molecule has 172 valence electrons. The molecule has 0 saturated carbocycles. The number of hydrogen-bond donors (Lipinski definition) is 0. The third-order valence-electron chi connectivity index (χ3n) is 6.34. The van der Waals surface area contributed by atoms with Crippen LogP contribution < -0.4 is 0 Å². The first-order valence-electron chi connectivity index (χ1n) is 13.4.